The molecule has 0 bridgehead atoms. The van der Waals surface area contributed by atoms with Gasteiger partial charge in [0.2, 0.25) is 0 Å². The Balaban J connectivity index is 0.000000720. The summed E-state index contributed by atoms with van der Waals surface area (Å²) in [5, 5.41) is 3.38. The first-order chi connectivity index (χ1) is 5.45. The zero-order valence-corrected chi connectivity index (χ0v) is 8.41. The van der Waals surface area contributed by atoms with Crippen molar-refractivity contribution in [2.24, 2.45) is 5.92 Å². The van der Waals surface area contributed by atoms with Crippen LogP contribution in [-0.4, -0.2) is 37.6 Å². The molecule has 1 N–H and O–H groups in total. The van der Waals surface area contributed by atoms with E-state index in [-0.39, 0.29) is 12.4 Å². The first kappa shape index (κ1) is 10.3. The van der Waals surface area contributed by atoms with Crippen molar-refractivity contribution in [3.8, 4) is 0 Å². The van der Waals surface area contributed by atoms with E-state index >= 15 is 0 Å². The van der Waals surface area contributed by atoms with Gasteiger partial charge in [0.05, 0.1) is 0 Å². The quantitative estimate of drug-likeness (QED) is 0.702. The van der Waals surface area contributed by atoms with Gasteiger partial charge in [-0.15, -0.1) is 12.4 Å². The van der Waals surface area contributed by atoms with E-state index in [4.69, 9.17) is 0 Å². The van der Waals surface area contributed by atoms with E-state index in [9.17, 15) is 0 Å². The predicted octanol–water partition coefficient (Wildman–Crippen LogP) is 1.11. The van der Waals surface area contributed by atoms with Crippen molar-refractivity contribution in [2.45, 2.75) is 19.3 Å². The normalized spacial score (nSPS) is 26.0. The molecule has 2 rings (SSSR count). The monoisotopic (exact) mass is 190 g/mol. The molecule has 0 atom stereocenters. The summed E-state index contributed by atoms with van der Waals surface area (Å²) in [4.78, 5) is 2.61. The van der Waals surface area contributed by atoms with Crippen molar-refractivity contribution in [3.63, 3.8) is 0 Å². The zero-order chi connectivity index (χ0) is 7.52. The summed E-state index contributed by atoms with van der Waals surface area (Å²) in [5.41, 5.74) is 0. The molecule has 1 aliphatic heterocycles. The van der Waals surface area contributed by atoms with Gasteiger partial charge in [0, 0.05) is 32.7 Å². The second kappa shape index (κ2) is 5.05. The van der Waals surface area contributed by atoms with Gasteiger partial charge in [-0.3, -0.25) is 0 Å². The number of rotatable bonds is 2. The molecule has 1 aliphatic carbocycles. The molecule has 0 spiro atoms. The molecule has 0 aromatic heterocycles. The fraction of sp³-hybridized carbons (Fsp3) is 1.00. The van der Waals surface area contributed by atoms with Gasteiger partial charge in [0.15, 0.2) is 0 Å². The number of piperazine rings is 1. The van der Waals surface area contributed by atoms with Gasteiger partial charge in [-0.1, -0.05) is 6.42 Å². The van der Waals surface area contributed by atoms with Gasteiger partial charge in [-0.2, -0.15) is 0 Å². The van der Waals surface area contributed by atoms with Crippen LogP contribution in [0.2, 0.25) is 0 Å². The Hall–Kier alpha value is 0.210. The molecular formula is C9H19ClN2. The zero-order valence-electron chi connectivity index (χ0n) is 7.59. The molecule has 72 valence electrons. The van der Waals surface area contributed by atoms with E-state index in [1.807, 2.05) is 0 Å². The maximum absolute atomic E-state index is 3.38. The Morgan fingerprint density at radius 2 is 1.83 bits per heavy atom. The lowest BCUT2D eigenvalue weighted by Gasteiger charge is -2.34. The Morgan fingerprint density at radius 1 is 1.17 bits per heavy atom. The predicted molar refractivity (Wildman–Crippen MR) is 53.9 cm³/mol. The van der Waals surface area contributed by atoms with E-state index in [0.29, 0.717) is 0 Å². The van der Waals surface area contributed by atoms with Gasteiger partial charge >= 0.3 is 0 Å². The second-order valence-electron chi connectivity index (χ2n) is 3.85. The van der Waals surface area contributed by atoms with Gasteiger partial charge in [0.1, 0.15) is 0 Å². The first-order valence-corrected chi connectivity index (χ1v) is 4.88. The Labute approximate surface area is 81.1 Å². The van der Waals surface area contributed by atoms with Crippen molar-refractivity contribution in [1.29, 1.82) is 0 Å². The van der Waals surface area contributed by atoms with Crippen LogP contribution < -0.4 is 5.32 Å². The molecule has 0 radical (unpaired) electrons. The highest BCUT2D eigenvalue weighted by molar-refractivity contribution is 5.85. The molecule has 3 heteroatoms. The maximum Gasteiger partial charge on any atom is 0.0107 e. The summed E-state index contributed by atoms with van der Waals surface area (Å²) in [5.74, 6) is 1.05. The number of nitrogens with one attached hydrogen (secondary N) is 1. The molecule has 1 saturated carbocycles. The summed E-state index contributed by atoms with van der Waals surface area (Å²) in [6, 6.07) is 0. The van der Waals surface area contributed by atoms with Gasteiger partial charge < -0.3 is 10.2 Å². The smallest absolute Gasteiger partial charge is 0.0107 e. The van der Waals surface area contributed by atoms with Crippen LogP contribution in [0.3, 0.4) is 0 Å². The molecule has 12 heavy (non-hydrogen) atoms. The molecule has 2 aliphatic rings. The lowest BCUT2D eigenvalue weighted by Crippen LogP contribution is -2.46. The van der Waals surface area contributed by atoms with Crippen molar-refractivity contribution >= 4 is 12.4 Å². The van der Waals surface area contributed by atoms with Crippen molar-refractivity contribution in [2.75, 3.05) is 32.7 Å². The van der Waals surface area contributed by atoms with Crippen LogP contribution >= 0.6 is 12.4 Å². The number of nitrogens with zero attached hydrogens (tertiary/aromatic N) is 1. The van der Waals surface area contributed by atoms with Crippen LogP contribution in [0, 0.1) is 5.92 Å². The maximum atomic E-state index is 3.38. The Kier molecular flexibility index (Phi) is 4.33. The standard InChI is InChI=1S/C9H18N2.ClH/c1-2-9(3-1)8-11-6-4-10-5-7-11;/h9-10H,1-8H2;1H. The third-order valence-corrected chi connectivity index (χ3v) is 2.95. The summed E-state index contributed by atoms with van der Waals surface area (Å²) < 4.78 is 0. The number of halogens is 1. The van der Waals surface area contributed by atoms with E-state index < -0.39 is 0 Å². The third kappa shape index (κ3) is 2.61. The summed E-state index contributed by atoms with van der Waals surface area (Å²) in [7, 11) is 0. The average molecular weight is 191 g/mol. The topological polar surface area (TPSA) is 15.3 Å². The molecular weight excluding hydrogens is 172 g/mol. The van der Waals surface area contributed by atoms with Crippen LogP contribution in [0.1, 0.15) is 19.3 Å². The van der Waals surface area contributed by atoms with Crippen molar-refractivity contribution in [3.05, 3.63) is 0 Å². The molecule has 1 heterocycles. The summed E-state index contributed by atoms with van der Waals surface area (Å²) in [6.07, 6.45) is 4.46. The van der Waals surface area contributed by atoms with E-state index in [2.05, 4.69) is 10.2 Å². The first-order valence-electron chi connectivity index (χ1n) is 4.88. The second-order valence-corrected chi connectivity index (χ2v) is 3.85. The third-order valence-electron chi connectivity index (χ3n) is 2.95. The fourth-order valence-electron chi connectivity index (χ4n) is 1.93. The highest BCUT2D eigenvalue weighted by Gasteiger charge is 2.21. The fourth-order valence-corrected chi connectivity index (χ4v) is 1.93. The summed E-state index contributed by atoms with van der Waals surface area (Å²) >= 11 is 0. The number of hydrogen-bond donors (Lipinski definition) is 1. The summed E-state index contributed by atoms with van der Waals surface area (Å²) in [6.45, 7) is 6.33. The van der Waals surface area contributed by atoms with Gasteiger partial charge in [-0.05, 0) is 18.8 Å². The molecule has 2 nitrogen and oxygen atoms in total. The van der Waals surface area contributed by atoms with E-state index in [1.54, 1.807) is 0 Å². The van der Waals surface area contributed by atoms with Crippen LogP contribution in [0.25, 0.3) is 0 Å². The van der Waals surface area contributed by atoms with Crippen LogP contribution in [0.15, 0.2) is 0 Å². The largest absolute Gasteiger partial charge is 0.314 e. The Bertz CT molecular complexity index is 120. The molecule has 1 saturated heterocycles. The lowest BCUT2D eigenvalue weighted by molar-refractivity contribution is 0.162. The molecule has 2 fully saturated rings. The molecule has 0 amide bonds. The van der Waals surface area contributed by atoms with Gasteiger partial charge in [-0.25, -0.2) is 0 Å². The molecule has 0 unspecified atom stereocenters. The highest BCUT2D eigenvalue weighted by Crippen LogP contribution is 2.26. The molecule has 0 aromatic carbocycles. The Morgan fingerprint density at radius 3 is 2.33 bits per heavy atom. The minimum atomic E-state index is 0. The van der Waals surface area contributed by atoms with E-state index in [0.717, 1.165) is 5.92 Å². The van der Waals surface area contributed by atoms with Gasteiger partial charge in [0.25, 0.3) is 0 Å². The van der Waals surface area contributed by atoms with Crippen LogP contribution in [0.4, 0.5) is 0 Å². The SMILES string of the molecule is C1CC(CN2CCNCC2)C1.Cl. The minimum Gasteiger partial charge on any atom is -0.314 e. The highest BCUT2D eigenvalue weighted by atomic mass is 35.5. The lowest BCUT2D eigenvalue weighted by atomic mass is 9.85. The van der Waals surface area contributed by atoms with Crippen molar-refractivity contribution in [1.82, 2.24) is 10.2 Å². The van der Waals surface area contributed by atoms with E-state index in [1.165, 1.54) is 52.0 Å². The van der Waals surface area contributed by atoms with Crippen molar-refractivity contribution < 1.29 is 0 Å². The van der Waals surface area contributed by atoms with Crippen LogP contribution in [0.5, 0.6) is 0 Å². The number of hydrogen-bond acceptors (Lipinski definition) is 2. The van der Waals surface area contributed by atoms with Crippen LogP contribution in [-0.2, 0) is 0 Å². The average Bonchev–Trinajstić information content (AvgIpc) is 1.99. The minimum absolute atomic E-state index is 0. The molecule has 0 aromatic rings.